The van der Waals surface area contributed by atoms with Gasteiger partial charge in [-0.2, -0.15) is 0 Å². The molecule has 0 amide bonds. The maximum absolute atomic E-state index is 12.8. The predicted molar refractivity (Wildman–Crippen MR) is 115 cm³/mol. The lowest BCUT2D eigenvalue weighted by molar-refractivity contribution is 0.484. The molecule has 0 fully saturated rings. The molecule has 0 saturated carbocycles. The van der Waals surface area contributed by atoms with E-state index in [0.717, 1.165) is 11.1 Å². The highest BCUT2D eigenvalue weighted by Crippen LogP contribution is 2.36. The Kier molecular flexibility index (Phi) is 4.54. The third kappa shape index (κ3) is 3.33. The number of benzene rings is 2. The molecule has 144 valence electrons. The van der Waals surface area contributed by atoms with Crippen LogP contribution in [0.2, 0.25) is 0 Å². The summed E-state index contributed by atoms with van der Waals surface area (Å²) in [6.45, 7) is 0. The van der Waals surface area contributed by atoms with Crippen molar-refractivity contribution in [2.24, 2.45) is 0 Å². The second-order valence-electron chi connectivity index (χ2n) is 6.66. The molecule has 3 heterocycles. The molecule has 5 nitrogen and oxygen atoms in total. The second kappa shape index (κ2) is 7.64. The lowest BCUT2D eigenvalue weighted by atomic mass is 10.1. The third-order valence-corrected chi connectivity index (χ3v) is 4.70. The lowest BCUT2D eigenvalue weighted by Crippen LogP contribution is -2.02. The predicted octanol–water partition coefficient (Wildman–Crippen LogP) is 5.71. The highest BCUT2D eigenvalue weighted by atomic mass is 16.5. The van der Waals surface area contributed by atoms with Crippen LogP contribution in [0, 0.1) is 0 Å². The van der Waals surface area contributed by atoms with Gasteiger partial charge in [-0.25, -0.2) is 0 Å². The van der Waals surface area contributed by atoms with E-state index in [4.69, 9.17) is 9.15 Å². The fourth-order valence-corrected chi connectivity index (χ4v) is 3.29. The maximum atomic E-state index is 12.8. The first-order valence-corrected chi connectivity index (χ1v) is 9.45. The molecule has 0 saturated heterocycles. The van der Waals surface area contributed by atoms with Crippen molar-refractivity contribution in [3.63, 3.8) is 0 Å². The summed E-state index contributed by atoms with van der Waals surface area (Å²) >= 11 is 0. The van der Waals surface area contributed by atoms with Gasteiger partial charge in [0, 0.05) is 35.8 Å². The monoisotopic (exact) mass is 392 g/mol. The molecule has 0 unspecified atom stereocenters. The number of aromatic nitrogens is 2. The highest BCUT2D eigenvalue weighted by Gasteiger charge is 2.16. The van der Waals surface area contributed by atoms with Crippen molar-refractivity contribution in [3.8, 4) is 34.1 Å². The molecular weight excluding hydrogens is 376 g/mol. The van der Waals surface area contributed by atoms with Crippen LogP contribution in [0.1, 0.15) is 0 Å². The Bertz CT molecular complexity index is 1380. The topological polar surface area (TPSA) is 65.2 Å². The summed E-state index contributed by atoms with van der Waals surface area (Å²) in [7, 11) is 0. The van der Waals surface area contributed by atoms with Gasteiger partial charge in [0.15, 0.2) is 11.0 Å². The van der Waals surface area contributed by atoms with Gasteiger partial charge in [0.05, 0.1) is 5.39 Å². The zero-order valence-electron chi connectivity index (χ0n) is 15.9. The van der Waals surface area contributed by atoms with E-state index in [0.29, 0.717) is 33.9 Å². The minimum atomic E-state index is -0.139. The number of hydrogen-bond donors (Lipinski definition) is 0. The molecule has 0 spiro atoms. The summed E-state index contributed by atoms with van der Waals surface area (Å²) in [4.78, 5) is 21.4. The summed E-state index contributed by atoms with van der Waals surface area (Å²) in [6.07, 6.45) is 4.94. The van der Waals surface area contributed by atoms with Gasteiger partial charge >= 0.3 is 0 Å². The minimum absolute atomic E-state index is 0.139. The quantitative estimate of drug-likeness (QED) is 0.392. The van der Waals surface area contributed by atoms with E-state index in [1.54, 1.807) is 30.7 Å². The molecule has 0 aliphatic carbocycles. The van der Waals surface area contributed by atoms with Crippen molar-refractivity contribution in [2.45, 2.75) is 0 Å². The Morgan fingerprint density at radius 1 is 0.833 bits per heavy atom. The Morgan fingerprint density at radius 2 is 1.67 bits per heavy atom. The smallest absolute Gasteiger partial charge is 0.193 e. The summed E-state index contributed by atoms with van der Waals surface area (Å²) in [5, 5.41) is 0.460. The van der Waals surface area contributed by atoms with Crippen LogP contribution in [0.15, 0.2) is 107 Å². The lowest BCUT2D eigenvalue weighted by Gasteiger charge is -2.12. The Labute approximate surface area is 172 Å². The minimum Gasteiger partial charge on any atom is -0.457 e. The zero-order chi connectivity index (χ0) is 20.3. The van der Waals surface area contributed by atoms with E-state index in [9.17, 15) is 4.79 Å². The number of rotatable bonds is 4. The first-order valence-electron chi connectivity index (χ1n) is 9.45. The summed E-state index contributed by atoms with van der Waals surface area (Å²) < 4.78 is 12.2. The van der Waals surface area contributed by atoms with Gasteiger partial charge in [-0.05, 0) is 42.5 Å². The van der Waals surface area contributed by atoms with Crippen LogP contribution in [0.25, 0.3) is 33.6 Å². The first kappa shape index (κ1) is 17.8. The van der Waals surface area contributed by atoms with Crippen LogP contribution >= 0.6 is 0 Å². The normalized spacial score (nSPS) is 10.8. The zero-order valence-corrected chi connectivity index (χ0v) is 15.9. The molecule has 0 aliphatic heterocycles. The van der Waals surface area contributed by atoms with Crippen LogP contribution in [-0.2, 0) is 0 Å². The third-order valence-electron chi connectivity index (χ3n) is 4.70. The standard InChI is InChI=1S/C25H16N2O3/c28-21-15-23(17-7-6-13-26-16-17)30-25-19(21)12-14-27-24(25)20-10-4-5-11-22(20)29-18-8-2-1-3-9-18/h1-16H. The summed E-state index contributed by atoms with van der Waals surface area (Å²) in [5.41, 5.74) is 2.27. The average Bonchev–Trinajstić information content (AvgIpc) is 2.80. The van der Waals surface area contributed by atoms with Gasteiger partial charge in [0.2, 0.25) is 0 Å². The van der Waals surface area contributed by atoms with Gasteiger partial charge in [0.25, 0.3) is 0 Å². The number of para-hydroxylation sites is 2. The molecule has 5 rings (SSSR count). The molecule has 2 aromatic carbocycles. The van der Waals surface area contributed by atoms with E-state index in [-0.39, 0.29) is 5.43 Å². The maximum Gasteiger partial charge on any atom is 0.193 e. The SMILES string of the molecule is O=c1cc(-c2cccnc2)oc2c(-c3ccccc3Oc3ccccc3)nccc12. The average molecular weight is 392 g/mol. The van der Waals surface area contributed by atoms with Gasteiger partial charge < -0.3 is 9.15 Å². The van der Waals surface area contributed by atoms with Crippen molar-refractivity contribution < 1.29 is 9.15 Å². The van der Waals surface area contributed by atoms with Crippen molar-refractivity contribution in [2.75, 3.05) is 0 Å². The number of pyridine rings is 2. The molecular formula is C25H16N2O3. The Balaban J connectivity index is 1.71. The van der Waals surface area contributed by atoms with Gasteiger partial charge in [-0.15, -0.1) is 0 Å². The van der Waals surface area contributed by atoms with Crippen LogP contribution in [0.5, 0.6) is 11.5 Å². The van der Waals surface area contributed by atoms with Gasteiger partial charge in [-0.3, -0.25) is 14.8 Å². The number of hydrogen-bond acceptors (Lipinski definition) is 5. The van der Waals surface area contributed by atoms with Crippen molar-refractivity contribution in [3.05, 3.63) is 108 Å². The van der Waals surface area contributed by atoms with E-state index >= 15 is 0 Å². The number of fused-ring (bicyclic) bond motifs is 1. The van der Waals surface area contributed by atoms with E-state index in [1.807, 2.05) is 60.7 Å². The fourth-order valence-electron chi connectivity index (χ4n) is 3.29. The van der Waals surface area contributed by atoms with Crippen molar-refractivity contribution in [1.29, 1.82) is 0 Å². The largest absolute Gasteiger partial charge is 0.457 e. The molecule has 3 aromatic heterocycles. The Morgan fingerprint density at radius 3 is 2.50 bits per heavy atom. The molecule has 0 radical (unpaired) electrons. The van der Waals surface area contributed by atoms with Crippen LogP contribution in [0.4, 0.5) is 0 Å². The van der Waals surface area contributed by atoms with Crippen LogP contribution in [-0.4, -0.2) is 9.97 Å². The second-order valence-corrected chi connectivity index (χ2v) is 6.66. The molecule has 0 atom stereocenters. The Hall–Kier alpha value is -4.25. The number of ether oxygens (including phenoxy) is 1. The molecule has 30 heavy (non-hydrogen) atoms. The first-order chi connectivity index (χ1) is 14.8. The van der Waals surface area contributed by atoms with Crippen molar-refractivity contribution in [1.82, 2.24) is 9.97 Å². The fraction of sp³-hybridized carbons (Fsp3) is 0. The molecule has 5 aromatic rings. The van der Waals surface area contributed by atoms with E-state index in [1.165, 1.54) is 6.07 Å². The molecule has 0 aliphatic rings. The molecule has 5 heteroatoms. The van der Waals surface area contributed by atoms with Gasteiger partial charge in [-0.1, -0.05) is 30.3 Å². The molecule has 0 N–H and O–H groups in total. The number of nitrogens with zero attached hydrogens (tertiary/aromatic N) is 2. The van der Waals surface area contributed by atoms with E-state index in [2.05, 4.69) is 9.97 Å². The summed E-state index contributed by atoms with van der Waals surface area (Å²) in [6, 6.07) is 23.9. The van der Waals surface area contributed by atoms with Crippen LogP contribution in [0.3, 0.4) is 0 Å². The van der Waals surface area contributed by atoms with E-state index < -0.39 is 0 Å². The van der Waals surface area contributed by atoms with Crippen LogP contribution < -0.4 is 10.2 Å². The molecule has 0 bridgehead atoms. The van der Waals surface area contributed by atoms with Crippen molar-refractivity contribution >= 4 is 11.0 Å². The highest BCUT2D eigenvalue weighted by molar-refractivity contribution is 5.92. The summed E-state index contributed by atoms with van der Waals surface area (Å²) in [5.74, 6) is 1.78. The van der Waals surface area contributed by atoms with Gasteiger partial charge in [0.1, 0.15) is 23.0 Å².